The number of ether oxygens (including phenoxy) is 2. The second kappa shape index (κ2) is 10.2. The minimum atomic E-state index is -0.530. The van der Waals surface area contributed by atoms with Crippen LogP contribution in [0.4, 0.5) is 11.4 Å². The van der Waals surface area contributed by atoms with E-state index in [2.05, 4.69) is 10.6 Å². The number of phenolic OH excluding ortho intramolecular Hbond substituents is 1. The molecule has 3 aromatic carbocycles. The van der Waals surface area contributed by atoms with Crippen molar-refractivity contribution < 1.29 is 24.2 Å². The van der Waals surface area contributed by atoms with Gasteiger partial charge in [0, 0.05) is 16.9 Å². The SMILES string of the molecule is CCOc1ccc(NC(=O)c2ccc(O)c(C(=O)Nc3ccc(OCC)cc3)c2)cc1. The Balaban J connectivity index is 1.71. The van der Waals surface area contributed by atoms with E-state index in [1.54, 1.807) is 48.5 Å². The molecule has 0 radical (unpaired) electrons. The zero-order chi connectivity index (χ0) is 22.2. The van der Waals surface area contributed by atoms with Crippen LogP contribution in [0, 0.1) is 0 Å². The molecule has 3 aromatic rings. The van der Waals surface area contributed by atoms with E-state index in [1.807, 2.05) is 13.8 Å². The van der Waals surface area contributed by atoms with Gasteiger partial charge in [0.15, 0.2) is 0 Å². The molecular weight excluding hydrogens is 396 g/mol. The van der Waals surface area contributed by atoms with Gasteiger partial charge in [-0.05, 0) is 80.6 Å². The third-order valence-corrected chi connectivity index (χ3v) is 4.35. The van der Waals surface area contributed by atoms with Crippen LogP contribution in [0.25, 0.3) is 0 Å². The molecule has 7 nitrogen and oxygen atoms in total. The molecule has 0 heterocycles. The van der Waals surface area contributed by atoms with Crippen molar-refractivity contribution in [2.24, 2.45) is 0 Å². The zero-order valence-corrected chi connectivity index (χ0v) is 17.3. The van der Waals surface area contributed by atoms with Crippen LogP contribution < -0.4 is 20.1 Å². The van der Waals surface area contributed by atoms with Crippen LogP contribution in [-0.2, 0) is 0 Å². The van der Waals surface area contributed by atoms with E-state index in [0.717, 1.165) is 0 Å². The molecule has 0 saturated heterocycles. The number of hydrogen-bond acceptors (Lipinski definition) is 5. The summed E-state index contributed by atoms with van der Waals surface area (Å²) in [6.07, 6.45) is 0. The van der Waals surface area contributed by atoms with Crippen molar-refractivity contribution in [2.75, 3.05) is 23.8 Å². The maximum atomic E-state index is 12.6. The normalized spacial score (nSPS) is 10.3. The predicted molar refractivity (Wildman–Crippen MR) is 119 cm³/mol. The topological polar surface area (TPSA) is 96.9 Å². The molecule has 0 aliphatic rings. The third kappa shape index (κ3) is 5.76. The minimum absolute atomic E-state index is 0.00627. The van der Waals surface area contributed by atoms with Crippen LogP contribution in [0.5, 0.6) is 17.2 Å². The highest BCUT2D eigenvalue weighted by atomic mass is 16.5. The van der Waals surface area contributed by atoms with E-state index in [1.165, 1.54) is 18.2 Å². The van der Waals surface area contributed by atoms with E-state index in [-0.39, 0.29) is 16.9 Å². The number of carbonyl (C=O) groups excluding carboxylic acids is 2. The molecule has 7 heteroatoms. The van der Waals surface area contributed by atoms with Crippen molar-refractivity contribution in [3.8, 4) is 17.2 Å². The number of benzene rings is 3. The zero-order valence-electron chi connectivity index (χ0n) is 17.3. The van der Waals surface area contributed by atoms with Crippen LogP contribution in [0.1, 0.15) is 34.6 Å². The maximum Gasteiger partial charge on any atom is 0.259 e. The van der Waals surface area contributed by atoms with Gasteiger partial charge in [0.05, 0.1) is 18.8 Å². The quantitative estimate of drug-likeness (QED) is 0.491. The first kappa shape index (κ1) is 21.7. The number of carbonyl (C=O) groups is 2. The fourth-order valence-corrected chi connectivity index (χ4v) is 2.86. The summed E-state index contributed by atoms with van der Waals surface area (Å²) in [5.74, 6) is 0.243. The molecule has 0 aromatic heterocycles. The molecule has 0 atom stereocenters. The molecule has 0 bridgehead atoms. The van der Waals surface area contributed by atoms with Crippen molar-refractivity contribution in [1.29, 1.82) is 0 Å². The van der Waals surface area contributed by atoms with Gasteiger partial charge >= 0.3 is 0 Å². The Hall–Kier alpha value is -4.00. The lowest BCUT2D eigenvalue weighted by Crippen LogP contribution is -2.16. The molecule has 31 heavy (non-hydrogen) atoms. The lowest BCUT2D eigenvalue weighted by Gasteiger charge is -2.11. The van der Waals surface area contributed by atoms with Crippen molar-refractivity contribution >= 4 is 23.2 Å². The Bertz CT molecular complexity index is 1050. The lowest BCUT2D eigenvalue weighted by molar-refractivity contribution is 0.102. The average Bonchev–Trinajstić information content (AvgIpc) is 2.77. The Morgan fingerprint density at radius 3 is 1.71 bits per heavy atom. The van der Waals surface area contributed by atoms with Crippen molar-refractivity contribution in [3.05, 3.63) is 77.9 Å². The summed E-state index contributed by atoms with van der Waals surface area (Å²) in [6.45, 7) is 4.88. The molecule has 3 rings (SSSR count). The summed E-state index contributed by atoms with van der Waals surface area (Å²) in [5.41, 5.74) is 1.36. The second-order valence-electron chi connectivity index (χ2n) is 6.55. The molecule has 0 unspecified atom stereocenters. The van der Waals surface area contributed by atoms with E-state index in [4.69, 9.17) is 9.47 Å². The van der Waals surface area contributed by atoms with Gasteiger partial charge in [-0.25, -0.2) is 0 Å². The highest BCUT2D eigenvalue weighted by molar-refractivity contribution is 6.10. The maximum absolute atomic E-state index is 12.6. The van der Waals surface area contributed by atoms with Gasteiger partial charge < -0.3 is 25.2 Å². The molecule has 0 saturated carbocycles. The Kier molecular flexibility index (Phi) is 7.11. The van der Waals surface area contributed by atoms with Crippen LogP contribution >= 0.6 is 0 Å². The molecule has 0 fully saturated rings. The van der Waals surface area contributed by atoms with Gasteiger partial charge in [-0.15, -0.1) is 0 Å². The van der Waals surface area contributed by atoms with Gasteiger partial charge in [-0.3, -0.25) is 9.59 Å². The van der Waals surface area contributed by atoms with Crippen LogP contribution in [0.2, 0.25) is 0 Å². The van der Waals surface area contributed by atoms with E-state index in [9.17, 15) is 14.7 Å². The number of phenols is 1. The summed E-state index contributed by atoms with van der Waals surface area (Å²) in [4.78, 5) is 25.2. The van der Waals surface area contributed by atoms with Gasteiger partial charge in [-0.2, -0.15) is 0 Å². The van der Waals surface area contributed by atoms with E-state index >= 15 is 0 Å². The van der Waals surface area contributed by atoms with E-state index in [0.29, 0.717) is 36.1 Å². The molecule has 0 spiro atoms. The minimum Gasteiger partial charge on any atom is -0.507 e. The Morgan fingerprint density at radius 1 is 0.742 bits per heavy atom. The number of nitrogens with one attached hydrogen (secondary N) is 2. The molecule has 0 aliphatic carbocycles. The van der Waals surface area contributed by atoms with Crippen LogP contribution in [0.15, 0.2) is 66.7 Å². The number of aromatic hydroxyl groups is 1. The number of rotatable bonds is 8. The third-order valence-electron chi connectivity index (χ3n) is 4.35. The number of amides is 2. The van der Waals surface area contributed by atoms with Gasteiger partial charge in [0.25, 0.3) is 11.8 Å². The smallest absolute Gasteiger partial charge is 0.259 e. The van der Waals surface area contributed by atoms with Crippen LogP contribution in [0.3, 0.4) is 0 Å². The summed E-state index contributed by atoms with van der Waals surface area (Å²) in [6, 6.07) is 17.9. The van der Waals surface area contributed by atoms with Crippen LogP contribution in [-0.4, -0.2) is 30.1 Å². The number of hydrogen-bond donors (Lipinski definition) is 3. The van der Waals surface area contributed by atoms with Crippen molar-refractivity contribution in [2.45, 2.75) is 13.8 Å². The van der Waals surface area contributed by atoms with E-state index < -0.39 is 11.8 Å². The second-order valence-corrected chi connectivity index (χ2v) is 6.55. The summed E-state index contributed by atoms with van der Waals surface area (Å²) in [5, 5.41) is 15.6. The molecule has 2 amide bonds. The largest absolute Gasteiger partial charge is 0.507 e. The van der Waals surface area contributed by atoms with Gasteiger partial charge in [0.2, 0.25) is 0 Å². The summed E-state index contributed by atoms with van der Waals surface area (Å²) >= 11 is 0. The molecule has 0 aliphatic heterocycles. The highest BCUT2D eigenvalue weighted by Gasteiger charge is 2.16. The predicted octanol–water partition coefficient (Wildman–Crippen LogP) is 4.69. The first-order chi connectivity index (χ1) is 15.0. The van der Waals surface area contributed by atoms with Gasteiger partial charge in [0.1, 0.15) is 17.2 Å². The fraction of sp³-hybridized carbons (Fsp3) is 0.167. The van der Waals surface area contributed by atoms with Crippen molar-refractivity contribution in [3.63, 3.8) is 0 Å². The standard InChI is InChI=1S/C24H24N2O5/c1-3-30-19-10-6-17(7-11-19)25-23(28)16-5-14-22(27)21(15-16)24(29)26-18-8-12-20(13-9-18)31-4-2/h5-15,27H,3-4H2,1-2H3,(H,25,28)(H,26,29). The lowest BCUT2D eigenvalue weighted by atomic mass is 10.1. The summed E-state index contributed by atoms with van der Waals surface area (Å²) < 4.78 is 10.8. The van der Waals surface area contributed by atoms with Crippen molar-refractivity contribution in [1.82, 2.24) is 0 Å². The monoisotopic (exact) mass is 420 g/mol. The highest BCUT2D eigenvalue weighted by Crippen LogP contribution is 2.23. The first-order valence-corrected chi connectivity index (χ1v) is 9.91. The first-order valence-electron chi connectivity index (χ1n) is 9.91. The van der Waals surface area contributed by atoms with Gasteiger partial charge in [-0.1, -0.05) is 0 Å². The molecular formula is C24H24N2O5. The number of anilines is 2. The summed E-state index contributed by atoms with van der Waals surface area (Å²) in [7, 11) is 0. The molecule has 3 N–H and O–H groups in total. The average molecular weight is 420 g/mol. The molecule has 160 valence electrons. The Morgan fingerprint density at radius 2 is 1.23 bits per heavy atom. The Labute approximate surface area is 180 Å². The fourth-order valence-electron chi connectivity index (χ4n) is 2.86.